The Morgan fingerprint density at radius 3 is 2.29 bits per heavy atom. The lowest BCUT2D eigenvalue weighted by Gasteiger charge is -2.32. The van der Waals surface area contributed by atoms with Crippen LogP contribution >= 0.6 is 0 Å². The maximum Gasteiger partial charge on any atom is 0.410 e. The first-order valence-corrected chi connectivity index (χ1v) is 10.3. The van der Waals surface area contributed by atoms with Crippen molar-refractivity contribution < 1.29 is 9.53 Å². The fourth-order valence-electron chi connectivity index (χ4n) is 4.00. The second-order valence-electron chi connectivity index (χ2n) is 7.69. The summed E-state index contributed by atoms with van der Waals surface area (Å²) in [5.41, 5.74) is 3.50. The van der Waals surface area contributed by atoms with E-state index in [1.54, 1.807) is 0 Å². The maximum absolute atomic E-state index is 12.3. The van der Waals surface area contributed by atoms with Gasteiger partial charge in [-0.1, -0.05) is 30.3 Å². The van der Waals surface area contributed by atoms with Crippen molar-refractivity contribution in [3.63, 3.8) is 0 Å². The van der Waals surface area contributed by atoms with Gasteiger partial charge in [0.2, 0.25) is 0 Å². The van der Waals surface area contributed by atoms with Crippen LogP contribution in [0.2, 0.25) is 0 Å². The molecule has 0 spiro atoms. The number of piperidine rings is 1. The normalized spacial score (nSPS) is 17.6. The number of carbonyl (C=O) groups is 1. The summed E-state index contributed by atoms with van der Waals surface area (Å²) < 4.78 is 5.44. The van der Waals surface area contributed by atoms with Crippen LogP contribution in [0.15, 0.2) is 54.6 Å². The summed E-state index contributed by atoms with van der Waals surface area (Å²) in [6.45, 7) is 4.15. The van der Waals surface area contributed by atoms with E-state index in [1.807, 2.05) is 35.2 Å². The predicted octanol–water partition coefficient (Wildman–Crippen LogP) is 4.50. The van der Waals surface area contributed by atoms with Crippen LogP contribution in [0.5, 0.6) is 0 Å². The lowest BCUT2D eigenvalue weighted by atomic mass is 10.0. The Morgan fingerprint density at radius 2 is 1.61 bits per heavy atom. The van der Waals surface area contributed by atoms with Crippen molar-refractivity contribution in [2.45, 2.75) is 38.3 Å². The minimum absolute atomic E-state index is 0.211. The number of hydrogen-bond acceptors (Lipinski definition) is 4. The summed E-state index contributed by atoms with van der Waals surface area (Å²) in [6, 6.07) is 19.0. The van der Waals surface area contributed by atoms with Crippen LogP contribution in [0.3, 0.4) is 0 Å². The standard InChI is InChI=1S/C23H29N3O2/c27-23(28-18-19-6-2-1-3-7-19)26-16-12-21(13-17-26)24-20-8-10-22(11-9-20)25-14-4-5-15-25/h1-3,6-11,21,24H,4-5,12-18H2. The van der Waals surface area contributed by atoms with Crippen LogP contribution in [0.1, 0.15) is 31.2 Å². The number of anilines is 2. The largest absolute Gasteiger partial charge is 0.445 e. The van der Waals surface area contributed by atoms with E-state index in [1.165, 1.54) is 31.6 Å². The monoisotopic (exact) mass is 379 g/mol. The molecule has 2 saturated heterocycles. The molecule has 2 aliphatic rings. The van der Waals surface area contributed by atoms with Crippen LogP contribution in [0.25, 0.3) is 0 Å². The van der Waals surface area contributed by atoms with E-state index in [-0.39, 0.29) is 6.09 Å². The second-order valence-corrected chi connectivity index (χ2v) is 7.69. The molecule has 1 N–H and O–H groups in total. The molecule has 2 fully saturated rings. The van der Waals surface area contributed by atoms with Crippen LogP contribution in [-0.4, -0.2) is 43.2 Å². The second kappa shape index (κ2) is 9.00. The Balaban J connectivity index is 1.21. The molecule has 4 rings (SSSR count). The van der Waals surface area contributed by atoms with Crippen LogP contribution in [0.4, 0.5) is 16.2 Å². The molecule has 1 amide bonds. The average molecular weight is 380 g/mol. The van der Waals surface area contributed by atoms with Crippen LogP contribution < -0.4 is 10.2 Å². The van der Waals surface area contributed by atoms with Crippen molar-refractivity contribution in [1.82, 2.24) is 4.90 Å². The molecule has 5 heteroatoms. The molecule has 148 valence electrons. The van der Waals surface area contributed by atoms with E-state index in [2.05, 4.69) is 34.5 Å². The van der Waals surface area contributed by atoms with Gasteiger partial charge in [0, 0.05) is 43.6 Å². The Labute approximate surface area is 167 Å². The molecular formula is C23H29N3O2. The summed E-state index contributed by atoms with van der Waals surface area (Å²) in [5, 5.41) is 3.62. The van der Waals surface area contributed by atoms with Gasteiger partial charge in [-0.15, -0.1) is 0 Å². The van der Waals surface area contributed by atoms with Crippen LogP contribution in [0, 0.1) is 0 Å². The highest BCUT2D eigenvalue weighted by Crippen LogP contribution is 2.23. The summed E-state index contributed by atoms with van der Waals surface area (Å²) >= 11 is 0. The number of likely N-dealkylation sites (tertiary alicyclic amines) is 1. The quantitative estimate of drug-likeness (QED) is 0.831. The first kappa shape index (κ1) is 18.7. The average Bonchev–Trinajstić information content (AvgIpc) is 3.29. The van der Waals surface area contributed by atoms with E-state index in [0.717, 1.165) is 37.2 Å². The number of benzene rings is 2. The molecule has 2 aromatic carbocycles. The molecule has 0 bridgehead atoms. The summed E-state index contributed by atoms with van der Waals surface area (Å²) in [4.78, 5) is 16.5. The third-order valence-electron chi connectivity index (χ3n) is 5.67. The SMILES string of the molecule is O=C(OCc1ccccc1)N1CCC(Nc2ccc(N3CCCC3)cc2)CC1. The minimum Gasteiger partial charge on any atom is -0.445 e. The number of ether oxygens (including phenoxy) is 1. The molecule has 5 nitrogen and oxygen atoms in total. The van der Waals surface area contributed by atoms with Crippen molar-refractivity contribution in [2.24, 2.45) is 0 Å². The van der Waals surface area contributed by atoms with E-state index in [0.29, 0.717) is 12.6 Å². The summed E-state index contributed by atoms with van der Waals surface area (Å²) in [6.07, 6.45) is 4.26. The predicted molar refractivity (Wildman–Crippen MR) is 113 cm³/mol. The van der Waals surface area contributed by atoms with E-state index in [9.17, 15) is 4.79 Å². The highest BCUT2D eigenvalue weighted by molar-refractivity contribution is 5.67. The smallest absolute Gasteiger partial charge is 0.410 e. The first-order valence-electron chi connectivity index (χ1n) is 10.3. The van der Waals surface area contributed by atoms with Crippen molar-refractivity contribution in [3.05, 3.63) is 60.2 Å². The Kier molecular flexibility index (Phi) is 6.00. The van der Waals surface area contributed by atoms with Gasteiger partial charge in [0.05, 0.1) is 0 Å². The highest BCUT2D eigenvalue weighted by Gasteiger charge is 2.23. The van der Waals surface area contributed by atoms with E-state index < -0.39 is 0 Å². The lowest BCUT2D eigenvalue weighted by molar-refractivity contribution is 0.0882. The Morgan fingerprint density at radius 1 is 0.929 bits per heavy atom. The van der Waals surface area contributed by atoms with Gasteiger partial charge >= 0.3 is 6.09 Å². The molecule has 0 aliphatic carbocycles. The number of nitrogens with zero attached hydrogens (tertiary/aromatic N) is 2. The van der Waals surface area contributed by atoms with E-state index >= 15 is 0 Å². The van der Waals surface area contributed by atoms with Gasteiger partial charge in [0.15, 0.2) is 0 Å². The molecule has 0 radical (unpaired) electrons. The number of hydrogen-bond donors (Lipinski definition) is 1. The first-order chi connectivity index (χ1) is 13.8. The Bertz CT molecular complexity index is 749. The maximum atomic E-state index is 12.3. The fourth-order valence-corrected chi connectivity index (χ4v) is 4.00. The molecule has 0 atom stereocenters. The molecule has 0 unspecified atom stereocenters. The van der Waals surface area contributed by atoms with Gasteiger partial charge in [0.25, 0.3) is 0 Å². The zero-order chi connectivity index (χ0) is 19.2. The lowest BCUT2D eigenvalue weighted by Crippen LogP contribution is -2.42. The summed E-state index contributed by atoms with van der Waals surface area (Å²) in [5.74, 6) is 0. The van der Waals surface area contributed by atoms with Gasteiger partial charge in [-0.2, -0.15) is 0 Å². The number of nitrogens with one attached hydrogen (secondary N) is 1. The zero-order valence-corrected chi connectivity index (χ0v) is 16.3. The van der Waals surface area contributed by atoms with Gasteiger partial charge < -0.3 is 19.9 Å². The van der Waals surface area contributed by atoms with Gasteiger partial charge in [-0.25, -0.2) is 4.79 Å². The zero-order valence-electron chi connectivity index (χ0n) is 16.3. The molecular weight excluding hydrogens is 350 g/mol. The molecule has 28 heavy (non-hydrogen) atoms. The topological polar surface area (TPSA) is 44.8 Å². The molecule has 0 saturated carbocycles. The van der Waals surface area contributed by atoms with Crippen LogP contribution in [-0.2, 0) is 11.3 Å². The fraction of sp³-hybridized carbons (Fsp3) is 0.435. The van der Waals surface area contributed by atoms with Gasteiger partial charge in [-0.05, 0) is 55.5 Å². The number of carbonyl (C=O) groups excluding carboxylic acids is 1. The molecule has 2 aliphatic heterocycles. The highest BCUT2D eigenvalue weighted by atomic mass is 16.6. The van der Waals surface area contributed by atoms with Crippen molar-refractivity contribution in [1.29, 1.82) is 0 Å². The molecule has 0 aromatic heterocycles. The van der Waals surface area contributed by atoms with Crippen molar-refractivity contribution in [2.75, 3.05) is 36.4 Å². The van der Waals surface area contributed by atoms with Gasteiger partial charge in [-0.3, -0.25) is 0 Å². The Hall–Kier alpha value is -2.69. The number of amides is 1. The van der Waals surface area contributed by atoms with Crippen molar-refractivity contribution in [3.8, 4) is 0 Å². The minimum atomic E-state index is -0.211. The third-order valence-corrected chi connectivity index (χ3v) is 5.67. The summed E-state index contributed by atoms with van der Waals surface area (Å²) in [7, 11) is 0. The van der Waals surface area contributed by atoms with Crippen molar-refractivity contribution >= 4 is 17.5 Å². The third kappa shape index (κ3) is 4.77. The molecule has 2 aromatic rings. The number of rotatable bonds is 5. The van der Waals surface area contributed by atoms with E-state index in [4.69, 9.17) is 4.74 Å². The molecule has 2 heterocycles. The van der Waals surface area contributed by atoms with Gasteiger partial charge in [0.1, 0.15) is 6.61 Å².